The first-order valence-electron chi connectivity index (χ1n) is 9.12. The standard InChI is InChI=1S/C20H25N/c1-13-18-9-4-5-14-8-10-19(17(14)18)15-6-2-3-7-16(15)21-20(13,19)12-11-18/h2-3,6-7,13-14,17,21H,4-5,8-12H2,1H3/t13-,14+,17?,18+,19+,20+/m1/s1. The quantitative estimate of drug-likeness (QED) is 0.724. The van der Waals surface area contributed by atoms with Crippen molar-refractivity contribution >= 4 is 5.69 Å². The molecule has 4 saturated carbocycles. The molecule has 6 rings (SSSR count). The van der Waals surface area contributed by atoms with Gasteiger partial charge in [0.15, 0.2) is 0 Å². The average molecular weight is 279 g/mol. The summed E-state index contributed by atoms with van der Waals surface area (Å²) in [7, 11) is 0. The molecule has 4 aliphatic carbocycles. The highest BCUT2D eigenvalue weighted by Gasteiger charge is 2.81. The fourth-order valence-corrected chi connectivity index (χ4v) is 8.53. The summed E-state index contributed by atoms with van der Waals surface area (Å²) in [5, 5.41) is 4.12. The van der Waals surface area contributed by atoms with E-state index in [1.807, 2.05) is 0 Å². The van der Waals surface area contributed by atoms with Crippen LogP contribution >= 0.6 is 0 Å². The molecule has 3 spiro atoms. The van der Waals surface area contributed by atoms with Gasteiger partial charge in [-0.15, -0.1) is 0 Å². The molecule has 1 N–H and O–H groups in total. The van der Waals surface area contributed by atoms with Gasteiger partial charge in [-0.05, 0) is 66.9 Å². The maximum absolute atomic E-state index is 4.12. The minimum atomic E-state index is 0.403. The Morgan fingerprint density at radius 1 is 1.05 bits per heavy atom. The van der Waals surface area contributed by atoms with E-state index in [0.29, 0.717) is 16.4 Å². The van der Waals surface area contributed by atoms with Crippen LogP contribution in [0.3, 0.4) is 0 Å². The number of para-hydroxylation sites is 1. The molecule has 1 aromatic rings. The van der Waals surface area contributed by atoms with Crippen molar-refractivity contribution in [2.75, 3.05) is 5.32 Å². The van der Waals surface area contributed by atoms with Gasteiger partial charge >= 0.3 is 0 Å². The molecule has 21 heavy (non-hydrogen) atoms. The SMILES string of the molecule is C[C@@H]1[C@]23CCC[C@H]4CC[C@]5(c6ccccc6N[C@@]15CC2)C43. The molecule has 2 bridgehead atoms. The number of rotatable bonds is 0. The highest BCUT2D eigenvalue weighted by molar-refractivity contribution is 5.69. The summed E-state index contributed by atoms with van der Waals surface area (Å²) >= 11 is 0. The maximum atomic E-state index is 4.12. The second-order valence-corrected chi connectivity index (χ2v) is 8.74. The average Bonchev–Trinajstić information content (AvgIpc) is 3.17. The molecule has 4 fully saturated rings. The van der Waals surface area contributed by atoms with E-state index in [1.54, 1.807) is 5.56 Å². The molecule has 6 atom stereocenters. The lowest BCUT2D eigenvalue weighted by atomic mass is 9.54. The third-order valence-corrected chi connectivity index (χ3v) is 8.90. The van der Waals surface area contributed by atoms with Gasteiger partial charge < -0.3 is 5.32 Å². The first kappa shape index (κ1) is 11.6. The normalized spacial score (nSPS) is 55.0. The topological polar surface area (TPSA) is 12.0 Å². The van der Waals surface area contributed by atoms with Crippen molar-refractivity contribution in [3.63, 3.8) is 0 Å². The van der Waals surface area contributed by atoms with E-state index in [1.165, 1.54) is 50.6 Å². The molecule has 0 amide bonds. The number of benzene rings is 1. The first-order valence-corrected chi connectivity index (χ1v) is 9.12. The van der Waals surface area contributed by atoms with E-state index in [-0.39, 0.29) is 0 Å². The Morgan fingerprint density at radius 2 is 1.95 bits per heavy atom. The van der Waals surface area contributed by atoms with Gasteiger partial charge in [0.2, 0.25) is 0 Å². The minimum absolute atomic E-state index is 0.403. The van der Waals surface area contributed by atoms with Crippen LogP contribution in [0.1, 0.15) is 57.4 Å². The fraction of sp³-hybridized carbons (Fsp3) is 0.700. The van der Waals surface area contributed by atoms with Gasteiger partial charge in [0, 0.05) is 11.1 Å². The van der Waals surface area contributed by atoms with Crippen LogP contribution in [-0.2, 0) is 5.41 Å². The Kier molecular flexibility index (Phi) is 1.76. The van der Waals surface area contributed by atoms with Crippen LogP contribution in [0.2, 0.25) is 0 Å². The van der Waals surface area contributed by atoms with Crippen molar-refractivity contribution in [3.05, 3.63) is 29.8 Å². The zero-order valence-corrected chi connectivity index (χ0v) is 13.0. The Hall–Kier alpha value is -0.980. The highest BCUT2D eigenvalue weighted by Crippen LogP contribution is 2.82. The number of hydrogen-bond acceptors (Lipinski definition) is 1. The molecule has 0 saturated heterocycles. The smallest absolute Gasteiger partial charge is 0.0505 e. The van der Waals surface area contributed by atoms with Crippen LogP contribution in [0.5, 0.6) is 0 Å². The first-order chi connectivity index (χ1) is 10.2. The molecule has 1 nitrogen and oxygen atoms in total. The van der Waals surface area contributed by atoms with Crippen molar-refractivity contribution in [1.82, 2.24) is 0 Å². The number of nitrogens with one attached hydrogen (secondary N) is 1. The van der Waals surface area contributed by atoms with Crippen LogP contribution in [0.25, 0.3) is 0 Å². The zero-order chi connectivity index (χ0) is 13.9. The zero-order valence-electron chi connectivity index (χ0n) is 13.0. The lowest BCUT2D eigenvalue weighted by molar-refractivity contribution is 0.0312. The Labute approximate surface area is 127 Å². The summed E-state index contributed by atoms with van der Waals surface area (Å²) in [5.41, 5.74) is 4.76. The van der Waals surface area contributed by atoms with Crippen LogP contribution in [0.4, 0.5) is 5.69 Å². The van der Waals surface area contributed by atoms with E-state index in [2.05, 4.69) is 36.5 Å². The summed E-state index contributed by atoms with van der Waals surface area (Å²) < 4.78 is 0. The van der Waals surface area contributed by atoms with Crippen LogP contribution in [0.15, 0.2) is 24.3 Å². The molecule has 1 unspecified atom stereocenters. The maximum Gasteiger partial charge on any atom is 0.0505 e. The Balaban J connectivity index is 1.70. The van der Waals surface area contributed by atoms with Gasteiger partial charge in [0.05, 0.1) is 5.54 Å². The van der Waals surface area contributed by atoms with Gasteiger partial charge in [-0.2, -0.15) is 0 Å². The van der Waals surface area contributed by atoms with E-state index in [0.717, 1.165) is 17.8 Å². The third kappa shape index (κ3) is 0.905. The van der Waals surface area contributed by atoms with Crippen LogP contribution < -0.4 is 5.32 Å². The minimum Gasteiger partial charge on any atom is -0.378 e. The largest absolute Gasteiger partial charge is 0.378 e. The van der Waals surface area contributed by atoms with Gasteiger partial charge in [-0.3, -0.25) is 0 Å². The van der Waals surface area contributed by atoms with E-state index < -0.39 is 0 Å². The van der Waals surface area contributed by atoms with Crippen molar-refractivity contribution in [3.8, 4) is 0 Å². The summed E-state index contributed by atoms with van der Waals surface area (Å²) in [6.45, 7) is 2.61. The van der Waals surface area contributed by atoms with Crippen LogP contribution in [-0.4, -0.2) is 5.54 Å². The predicted octanol–water partition coefficient (Wildman–Crippen LogP) is 4.73. The second-order valence-electron chi connectivity index (χ2n) is 8.74. The summed E-state index contributed by atoms with van der Waals surface area (Å²) in [6.07, 6.45) is 10.4. The van der Waals surface area contributed by atoms with Crippen LogP contribution in [0, 0.1) is 23.2 Å². The van der Waals surface area contributed by atoms with Gasteiger partial charge in [-0.25, -0.2) is 0 Å². The lowest BCUT2D eigenvalue weighted by Gasteiger charge is -2.49. The molecule has 110 valence electrons. The van der Waals surface area contributed by atoms with E-state index in [9.17, 15) is 0 Å². The molecule has 1 heteroatoms. The van der Waals surface area contributed by atoms with Crippen molar-refractivity contribution in [2.45, 2.75) is 62.8 Å². The predicted molar refractivity (Wildman–Crippen MR) is 85.4 cm³/mol. The molecule has 1 aromatic carbocycles. The number of fused-ring (bicyclic) bond motifs is 1. The monoisotopic (exact) mass is 279 g/mol. The Bertz CT molecular complexity index is 651. The summed E-state index contributed by atoms with van der Waals surface area (Å²) in [4.78, 5) is 0. The molecule has 1 heterocycles. The third-order valence-electron chi connectivity index (χ3n) is 8.90. The summed E-state index contributed by atoms with van der Waals surface area (Å²) in [6, 6.07) is 9.32. The van der Waals surface area contributed by atoms with Crippen molar-refractivity contribution in [1.29, 1.82) is 0 Å². The van der Waals surface area contributed by atoms with Crippen molar-refractivity contribution < 1.29 is 0 Å². The second kappa shape index (κ2) is 3.19. The van der Waals surface area contributed by atoms with Gasteiger partial charge in [-0.1, -0.05) is 38.0 Å². The number of hydrogen-bond donors (Lipinski definition) is 1. The molecular weight excluding hydrogens is 254 g/mol. The van der Waals surface area contributed by atoms with Gasteiger partial charge in [0.1, 0.15) is 0 Å². The molecular formula is C20H25N. The molecule has 5 aliphatic rings. The number of anilines is 1. The lowest BCUT2D eigenvalue weighted by Crippen LogP contribution is -2.53. The molecule has 1 aliphatic heterocycles. The highest BCUT2D eigenvalue weighted by atomic mass is 15.1. The fourth-order valence-electron chi connectivity index (χ4n) is 8.53. The van der Waals surface area contributed by atoms with Crippen molar-refractivity contribution in [2.24, 2.45) is 23.2 Å². The van der Waals surface area contributed by atoms with E-state index >= 15 is 0 Å². The molecule has 0 aromatic heterocycles. The Morgan fingerprint density at radius 3 is 2.90 bits per heavy atom. The van der Waals surface area contributed by atoms with E-state index in [4.69, 9.17) is 0 Å². The van der Waals surface area contributed by atoms with Gasteiger partial charge in [0.25, 0.3) is 0 Å². The molecule has 0 radical (unpaired) electrons. The summed E-state index contributed by atoms with van der Waals surface area (Å²) in [5.74, 6) is 2.88.